The van der Waals surface area contributed by atoms with Crippen molar-refractivity contribution in [2.24, 2.45) is 52.0 Å². The largest absolute Gasteiger partial charge is 0.481 e. The predicted molar refractivity (Wildman–Crippen MR) is 395 cm³/mol. The maximum absolute atomic E-state index is 14.4. The second kappa shape index (κ2) is 47.5. The summed E-state index contributed by atoms with van der Waals surface area (Å²) in [7, 11) is 1.23. The van der Waals surface area contributed by atoms with Crippen molar-refractivity contribution in [2.75, 3.05) is 20.2 Å². The lowest BCUT2D eigenvalue weighted by molar-refractivity contribution is -0.156. The molecule has 42 heteroatoms. The Morgan fingerprint density at radius 3 is 1.10 bits per heavy atom. The second-order valence-corrected chi connectivity index (χ2v) is 29.6. The van der Waals surface area contributed by atoms with Crippen molar-refractivity contribution >= 4 is 118 Å². The molecule has 0 aromatic carbocycles. The molecule has 1 fully saturated rings. The predicted octanol–water partition coefficient (Wildman–Crippen LogP) is -5.60. The molecule has 0 aliphatic carbocycles. The highest BCUT2D eigenvalue weighted by Crippen LogP contribution is 2.30. The smallest absolute Gasteiger partial charge is 0.326 e. The summed E-state index contributed by atoms with van der Waals surface area (Å²) in [5.41, 5.74) is 20.7. The first-order chi connectivity index (χ1) is 51.9. The molecule has 24 N–H and O–H groups in total. The number of aliphatic hydroxyl groups is 1. The van der Waals surface area contributed by atoms with Gasteiger partial charge in [-0.15, -0.1) is 0 Å². The maximum atomic E-state index is 14.4. The second-order valence-electron chi connectivity index (χ2n) is 29.6. The van der Waals surface area contributed by atoms with E-state index in [0.29, 0.717) is 6.42 Å². The summed E-state index contributed by atoms with van der Waals surface area (Å²) < 4.78 is 0. The lowest BCUT2D eigenvalue weighted by Gasteiger charge is -2.41. The van der Waals surface area contributed by atoms with Crippen LogP contribution in [0.1, 0.15) is 186 Å². The minimum atomic E-state index is -1.85. The molecule has 0 bridgehead atoms. The first-order valence-electron chi connectivity index (χ1n) is 37.0. The van der Waals surface area contributed by atoms with Crippen LogP contribution in [0.3, 0.4) is 0 Å². The molecular weight excluding hydrogens is 1480 g/mol. The molecule has 632 valence electrons. The van der Waals surface area contributed by atoms with Gasteiger partial charge in [-0.3, -0.25) is 91.1 Å². The number of carbonyl (C=O) groups is 20. The van der Waals surface area contributed by atoms with Gasteiger partial charge in [-0.2, -0.15) is 0 Å². The summed E-state index contributed by atoms with van der Waals surface area (Å²) in [6.45, 7) is 17.0. The van der Waals surface area contributed by atoms with E-state index in [1.165, 1.54) is 48.6 Å². The lowest BCUT2D eigenvalue weighted by atomic mass is 9.84. The Bertz CT molecular complexity index is 3390. The molecule has 0 aromatic rings. The Labute approximate surface area is 648 Å². The van der Waals surface area contributed by atoms with Gasteiger partial charge in [0.2, 0.25) is 94.5 Å². The highest BCUT2D eigenvalue weighted by atomic mass is 16.4. The average Bonchev–Trinajstić information content (AvgIpc) is 1.59. The Hall–Kier alpha value is -10.7. The maximum Gasteiger partial charge on any atom is 0.326 e. The number of nitrogens with zero attached hydrogens (tertiary/aromatic N) is 2. The van der Waals surface area contributed by atoms with E-state index < -0.39 is 296 Å². The summed E-state index contributed by atoms with van der Waals surface area (Å²) in [6, 6.07) is -22.3. The highest BCUT2D eigenvalue weighted by molar-refractivity contribution is 6.01. The summed E-state index contributed by atoms with van der Waals surface area (Å²) in [4.78, 5) is 268. The minimum absolute atomic E-state index is 0.0634. The van der Waals surface area contributed by atoms with Crippen LogP contribution >= 0.6 is 0 Å². The van der Waals surface area contributed by atoms with Gasteiger partial charge in [0.1, 0.15) is 78.5 Å². The first kappa shape index (κ1) is 99.3. The molecule has 0 unspecified atom stereocenters. The number of hydrogen-bond acceptors (Lipinski definition) is 22. The number of aliphatic carboxylic acids is 4. The van der Waals surface area contributed by atoms with Crippen LogP contribution in [-0.4, -0.2) is 259 Å². The highest BCUT2D eigenvalue weighted by Gasteiger charge is 2.47. The molecular formula is C70H117N17O25. The summed E-state index contributed by atoms with van der Waals surface area (Å²) >= 11 is 0. The van der Waals surface area contributed by atoms with Crippen LogP contribution in [0.25, 0.3) is 0 Å². The third-order valence-corrected chi connectivity index (χ3v) is 18.7. The molecule has 16 atom stereocenters. The average molecular weight is 1600 g/mol. The van der Waals surface area contributed by atoms with Crippen LogP contribution in [0.4, 0.5) is 0 Å². The van der Waals surface area contributed by atoms with Crippen LogP contribution in [0.5, 0.6) is 0 Å². The molecule has 1 aliphatic rings. The fourth-order valence-electron chi connectivity index (χ4n) is 11.8. The zero-order valence-electron chi connectivity index (χ0n) is 65.7. The molecule has 0 radical (unpaired) electrons. The monoisotopic (exact) mass is 1600 g/mol. The normalized spacial score (nSPS) is 16.7. The van der Waals surface area contributed by atoms with E-state index in [4.69, 9.17) is 22.9 Å². The Morgan fingerprint density at radius 1 is 0.420 bits per heavy atom. The van der Waals surface area contributed by atoms with Crippen LogP contribution in [0.2, 0.25) is 0 Å². The van der Waals surface area contributed by atoms with Crippen molar-refractivity contribution in [2.45, 2.75) is 270 Å². The summed E-state index contributed by atoms with van der Waals surface area (Å²) in [5, 5.41) is 75.7. The number of carboxylic acids is 4. The number of amides is 16. The Kier molecular flexibility index (Phi) is 42.1. The number of carbonyl (C=O) groups excluding carboxylic acids is 16. The number of likely N-dealkylation sites (tertiary alicyclic amines) is 1. The van der Waals surface area contributed by atoms with Gasteiger partial charge in [0.15, 0.2) is 0 Å². The molecule has 0 spiro atoms. The number of rotatable bonds is 51. The van der Waals surface area contributed by atoms with Crippen LogP contribution in [0.15, 0.2) is 0 Å². The van der Waals surface area contributed by atoms with E-state index in [1.54, 1.807) is 34.6 Å². The van der Waals surface area contributed by atoms with Gasteiger partial charge >= 0.3 is 23.9 Å². The van der Waals surface area contributed by atoms with E-state index >= 15 is 0 Å². The van der Waals surface area contributed by atoms with Gasteiger partial charge in [0.25, 0.3) is 0 Å². The van der Waals surface area contributed by atoms with Gasteiger partial charge < -0.3 is 117 Å². The van der Waals surface area contributed by atoms with Crippen molar-refractivity contribution < 1.29 is 121 Å². The summed E-state index contributed by atoms with van der Waals surface area (Å²) in [6.07, 6.45) is -5.80. The van der Waals surface area contributed by atoms with Crippen LogP contribution in [0, 0.1) is 29.1 Å². The lowest BCUT2D eigenvalue weighted by Crippen LogP contribution is -2.62. The van der Waals surface area contributed by atoms with E-state index in [9.17, 15) is 121 Å². The van der Waals surface area contributed by atoms with Gasteiger partial charge in [0, 0.05) is 52.1 Å². The zero-order valence-corrected chi connectivity index (χ0v) is 65.7. The fourth-order valence-corrected chi connectivity index (χ4v) is 11.8. The number of aliphatic hydroxyl groups excluding tert-OH is 1. The van der Waals surface area contributed by atoms with Crippen LogP contribution in [-0.2, 0) is 95.9 Å². The molecule has 42 nitrogen and oxygen atoms in total. The first-order valence-corrected chi connectivity index (χ1v) is 37.0. The molecule has 1 rings (SSSR count). The van der Waals surface area contributed by atoms with Crippen molar-refractivity contribution in [1.82, 2.24) is 68.3 Å². The van der Waals surface area contributed by atoms with E-state index in [2.05, 4.69) is 58.5 Å². The Balaban J connectivity index is 3.58. The van der Waals surface area contributed by atoms with Crippen molar-refractivity contribution in [3.63, 3.8) is 0 Å². The topological polar surface area (TPSA) is 685 Å². The minimum Gasteiger partial charge on any atom is -0.481 e. The van der Waals surface area contributed by atoms with Gasteiger partial charge in [-0.25, -0.2) is 4.79 Å². The number of nitrogens with two attached hydrogens (primary N) is 4. The third kappa shape index (κ3) is 33.5. The molecule has 1 aliphatic heterocycles. The standard InChI is InChI=1S/C70H117N17O25/c1-14-34(7)53(65(107)78-38(19-25-46(73)90)59(101)77-41(22-28-49(94)95)61(103)82-51(32(3)4)63(105)80-42(23-29-50(96)97)67(109)86(13)55(70(10,11)12)68(110)87-30-16-17-44(87)69(111)112)84-56(98)36(9)75-58(100)40(21-27-48(92)93)79-66(108)54(35(8)15-2)85-62(104)43(31-88)81-64(106)52(33(5)6)83-60(102)39(20-26-47(74)91)76-57(99)37(71)18-24-45(72)89/h32-44,51-55,88H,14-31,71H2,1-13H3,(H2,72,89)(H2,73,90)(H2,74,91)(H,75,100)(H,76,99)(H,77,101)(H,78,107)(H,79,108)(H,80,105)(H,81,106)(H,82,103)(H,83,102)(H,84,98)(H,85,104)(H,92,93)(H,94,95)(H,96,97)(H,111,112)/t34-,35-,36-,37-,38-,39-,40-,41-,42-,43-,44-,51-,52-,53-,54-,55+/m0/s1. The van der Waals surface area contributed by atoms with Crippen LogP contribution < -0.4 is 81.4 Å². The van der Waals surface area contributed by atoms with Crippen molar-refractivity contribution in [3.8, 4) is 0 Å². The van der Waals surface area contributed by atoms with E-state index in [0.717, 1.165) is 16.7 Å². The SMILES string of the molecule is CC[C@H](C)[C@H](NC(=O)[C@H](C)NC(=O)[C@H](CCC(=O)O)NC(=O)[C@@H](NC(=O)[C@H](CO)NC(=O)[C@@H](NC(=O)[C@H](CCC(N)=O)NC(=O)[C@@H](N)CCC(N)=O)C(C)C)[C@@H](C)CC)C(=O)N[C@@H](CCC(N)=O)C(=O)N[C@@H](CCC(=O)O)C(=O)N[C@H](C(=O)N[C@@H](CCC(=O)O)C(=O)N(C)[C@H](C(=O)N1CCC[C@H]1C(=O)O)C(C)(C)C)C(C)C. The van der Waals surface area contributed by atoms with Crippen molar-refractivity contribution in [3.05, 3.63) is 0 Å². The Morgan fingerprint density at radius 2 is 0.732 bits per heavy atom. The molecule has 0 aromatic heterocycles. The van der Waals surface area contributed by atoms with Crippen molar-refractivity contribution in [1.29, 1.82) is 0 Å². The quantitative estimate of drug-likeness (QED) is 0.0270. The molecule has 1 heterocycles. The fraction of sp³-hybridized carbons (Fsp3) is 0.714. The number of nitrogens with one attached hydrogen (secondary N) is 11. The molecule has 0 saturated carbocycles. The number of carboxylic acid groups (broad SMARTS) is 4. The number of hydrogen-bond donors (Lipinski definition) is 20. The summed E-state index contributed by atoms with van der Waals surface area (Å²) in [5.74, 6) is -25.2. The van der Waals surface area contributed by atoms with Gasteiger partial charge in [-0.05, 0) is 87.4 Å². The zero-order chi connectivity index (χ0) is 86.1. The number of likely N-dealkylation sites (N-methyl/N-ethyl adjacent to an activating group) is 1. The molecule has 16 amide bonds. The number of primary amides is 3. The van der Waals surface area contributed by atoms with Gasteiger partial charge in [-0.1, -0.05) is 89.0 Å². The van der Waals surface area contributed by atoms with Gasteiger partial charge in [0.05, 0.1) is 12.6 Å². The third-order valence-electron chi connectivity index (χ3n) is 18.7. The molecule has 1 saturated heterocycles. The van der Waals surface area contributed by atoms with E-state index in [-0.39, 0.29) is 45.1 Å². The molecule has 112 heavy (non-hydrogen) atoms. The van der Waals surface area contributed by atoms with E-state index in [1.807, 2.05) is 0 Å².